The van der Waals surface area contributed by atoms with E-state index < -0.39 is 0 Å². The zero-order chi connectivity index (χ0) is 18.5. The van der Waals surface area contributed by atoms with E-state index in [2.05, 4.69) is 5.32 Å². The zero-order valence-electron chi connectivity index (χ0n) is 14.7. The van der Waals surface area contributed by atoms with Crippen LogP contribution in [0.3, 0.4) is 0 Å². The Morgan fingerprint density at radius 2 is 2.08 bits per heavy atom. The second-order valence-electron chi connectivity index (χ2n) is 6.55. The van der Waals surface area contributed by atoms with Crippen molar-refractivity contribution in [3.8, 4) is 11.3 Å². The van der Waals surface area contributed by atoms with E-state index >= 15 is 0 Å². The molecule has 0 bridgehead atoms. The van der Waals surface area contributed by atoms with Gasteiger partial charge in [0.25, 0.3) is 0 Å². The first kappa shape index (κ1) is 18.4. The average molecular weight is 372 g/mol. The molecule has 2 aromatic rings. The monoisotopic (exact) mass is 371 g/mol. The maximum Gasteiger partial charge on any atom is 0.241 e. The number of carbonyl (C=O) groups is 2. The summed E-state index contributed by atoms with van der Waals surface area (Å²) in [7, 11) is 0. The van der Waals surface area contributed by atoms with E-state index in [4.69, 9.17) is 16.6 Å². The highest BCUT2D eigenvalue weighted by Gasteiger charge is 2.25. The molecule has 0 spiro atoms. The van der Waals surface area contributed by atoms with E-state index in [1.807, 2.05) is 47.4 Å². The molecule has 1 unspecified atom stereocenters. The maximum atomic E-state index is 12.3. The molecular weight excluding hydrogens is 350 g/mol. The van der Waals surface area contributed by atoms with Crippen LogP contribution < -0.4 is 5.32 Å². The van der Waals surface area contributed by atoms with Crippen molar-refractivity contribution < 1.29 is 9.59 Å². The summed E-state index contributed by atoms with van der Waals surface area (Å²) in [4.78, 5) is 29.9. The lowest BCUT2D eigenvalue weighted by molar-refractivity contribution is -0.133. The van der Waals surface area contributed by atoms with Crippen LogP contribution in [0.25, 0.3) is 11.3 Å². The number of nitrogens with zero attached hydrogens (tertiary/aromatic N) is 2. The normalized spacial score (nSPS) is 17.0. The molecule has 2 heterocycles. The molecule has 1 fully saturated rings. The number of piperidine rings is 1. The third-order valence-corrected chi connectivity index (χ3v) is 4.81. The van der Waals surface area contributed by atoms with Crippen molar-refractivity contribution in [1.82, 2.24) is 15.2 Å². The number of amides is 2. The van der Waals surface area contributed by atoms with Gasteiger partial charge in [-0.15, -0.1) is 0 Å². The van der Waals surface area contributed by atoms with Crippen molar-refractivity contribution in [2.45, 2.75) is 25.7 Å². The predicted octanol–water partition coefficient (Wildman–Crippen LogP) is 3.24. The largest absolute Gasteiger partial charge is 0.347 e. The maximum absolute atomic E-state index is 12.3. The third-order valence-electron chi connectivity index (χ3n) is 4.57. The highest BCUT2D eigenvalue weighted by Crippen LogP contribution is 2.28. The van der Waals surface area contributed by atoms with Gasteiger partial charge in [-0.05, 0) is 37.1 Å². The van der Waals surface area contributed by atoms with Crippen LogP contribution in [0, 0.1) is 0 Å². The second kappa shape index (κ2) is 8.32. The fourth-order valence-electron chi connectivity index (χ4n) is 3.24. The summed E-state index contributed by atoms with van der Waals surface area (Å²) >= 11 is 6.09. The lowest BCUT2D eigenvalue weighted by Gasteiger charge is -2.32. The van der Waals surface area contributed by atoms with Crippen LogP contribution in [0.1, 0.15) is 31.4 Å². The van der Waals surface area contributed by atoms with Gasteiger partial charge in [0.1, 0.15) is 0 Å². The topological polar surface area (TPSA) is 62.3 Å². The van der Waals surface area contributed by atoms with Crippen LogP contribution in [0.5, 0.6) is 0 Å². The summed E-state index contributed by atoms with van der Waals surface area (Å²) in [6.07, 6.45) is 1.93. The van der Waals surface area contributed by atoms with Gasteiger partial charge in [-0.3, -0.25) is 14.6 Å². The van der Waals surface area contributed by atoms with E-state index in [0.29, 0.717) is 11.6 Å². The van der Waals surface area contributed by atoms with Crippen molar-refractivity contribution in [2.24, 2.45) is 0 Å². The fraction of sp³-hybridized carbons (Fsp3) is 0.350. The number of aromatic nitrogens is 1. The molecule has 1 saturated heterocycles. The number of nitrogens with one attached hydrogen (secondary N) is 1. The fourth-order valence-corrected chi connectivity index (χ4v) is 3.43. The Morgan fingerprint density at radius 3 is 2.85 bits per heavy atom. The number of benzene rings is 1. The summed E-state index contributed by atoms with van der Waals surface area (Å²) in [6.45, 7) is 2.82. The molecule has 136 valence electrons. The van der Waals surface area contributed by atoms with Crippen molar-refractivity contribution in [3.05, 3.63) is 53.2 Å². The summed E-state index contributed by atoms with van der Waals surface area (Å²) in [6, 6.07) is 13.6. The van der Waals surface area contributed by atoms with Crippen molar-refractivity contribution in [1.29, 1.82) is 0 Å². The molecule has 1 aromatic carbocycles. The third kappa shape index (κ3) is 4.61. The number of hydrogen-bond donors (Lipinski definition) is 1. The van der Waals surface area contributed by atoms with E-state index in [1.54, 1.807) is 0 Å². The first-order valence-electron chi connectivity index (χ1n) is 8.78. The number of hydrogen-bond acceptors (Lipinski definition) is 3. The lowest BCUT2D eigenvalue weighted by Crippen LogP contribution is -2.44. The molecule has 2 amide bonds. The molecule has 1 aromatic heterocycles. The minimum Gasteiger partial charge on any atom is -0.347 e. The van der Waals surface area contributed by atoms with Crippen LogP contribution in [0.2, 0.25) is 5.02 Å². The Kier molecular flexibility index (Phi) is 5.89. The van der Waals surface area contributed by atoms with Gasteiger partial charge in [0.05, 0.1) is 12.2 Å². The number of rotatable bonds is 4. The number of halogens is 1. The molecule has 5 nitrogen and oxygen atoms in total. The molecule has 0 aliphatic carbocycles. The van der Waals surface area contributed by atoms with Gasteiger partial charge in [-0.25, -0.2) is 0 Å². The summed E-state index contributed by atoms with van der Waals surface area (Å²) in [5.41, 5.74) is 2.85. The Balaban J connectivity index is 1.73. The summed E-state index contributed by atoms with van der Waals surface area (Å²) in [5.74, 6) is -0.0390. The van der Waals surface area contributed by atoms with Crippen LogP contribution in [0.4, 0.5) is 0 Å². The molecule has 26 heavy (non-hydrogen) atoms. The molecule has 1 N–H and O–H groups in total. The van der Waals surface area contributed by atoms with Crippen LogP contribution in [0.15, 0.2) is 42.5 Å². The Bertz CT molecular complexity index is 809. The first-order chi connectivity index (χ1) is 12.5. The predicted molar refractivity (Wildman–Crippen MR) is 102 cm³/mol. The molecule has 1 aliphatic rings. The standard InChI is InChI=1S/C20H22ClN3O2/c1-14(25)22-12-20(26)24-10-4-6-16(13-24)19-9-3-8-18(23-19)15-5-2-7-17(21)11-15/h2-3,5,7-9,11,16H,4,6,10,12-13H2,1H3,(H,22,25). The summed E-state index contributed by atoms with van der Waals surface area (Å²) < 4.78 is 0. The van der Waals surface area contributed by atoms with E-state index in [-0.39, 0.29) is 24.3 Å². The average Bonchev–Trinajstić information content (AvgIpc) is 2.66. The minimum absolute atomic E-state index is 0.0455. The smallest absolute Gasteiger partial charge is 0.241 e. The van der Waals surface area contributed by atoms with E-state index in [9.17, 15) is 9.59 Å². The molecule has 3 rings (SSSR count). The van der Waals surface area contributed by atoms with Gasteiger partial charge in [-0.2, -0.15) is 0 Å². The first-order valence-corrected chi connectivity index (χ1v) is 9.16. The quantitative estimate of drug-likeness (QED) is 0.897. The highest BCUT2D eigenvalue weighted by atomic mass is 35.5. The number of pyridine rings is 1. The Labute approximate surface area is 158 Å². The van der Waals surface area contributed by atoms with Crippen molar-refractivity contribution >= 4 is 23.4 Å². The van der Waals surface area contributed by atoms with Crippen LogP contribution >= 0.6 is 11.6 Å². The van der Waals surface area contributed by atoms with Crippen LogP contribution in [-0.4, -0.2) is 41.3 Å². The highest BCUT2D eigenvalue weighted by molar-refractivity contribution is 6.30. The van der Waals surface area contributed by atoms with Gasteiger partial charge in [0.2, 0.25) is 11.8 Å². The summed E-state index contributed by atoms with van der Waals surface area (Å²) in [5, 5.41) is 3.26. The SMILES string of the molecule is CC(=O)NCC(=O)N1CCCC(c2cccc(-c3cccc(Cl)c3)n2)C1. The molecule has 1 atom stereocenters. The zero-order valence-corrected chi connectivity index (χ0v) is 15.5. The van der Waals surface area contributed by atoms with Gasteiger partial charge >= 0.3 is 0 Å². The minimum atomic E-state index is -0.192. The molecule has 1 aliphatic heterocycles. The second-order valence-corrected chi connectivity index (χ2v) is 6.98. The molecule has 6 heteroatoms. The van der Waals surface area contributed by atoms with Gasteiger partial charge in [0.15, 0.2) is 0 Å². The van der Waals surface area contributed by atoms with Crippen molar-refractivity contribution in [3.63, 3.8) is 0 Å². The van der Waals surface area contributed by atoms with E-state index in [1.165, 1.54) is 6.92 Å². The van der Waals surface area contributed by atoms with Gasteiger partial charge in [0, 0.05) is 42.2 Å². The van der Waals surface area contributed by atoms with Gasteiger partial charge in [-0.1, -0.05) is 29.8 Å². The number of likely N-dealkylation sites (tertiary alicyclic amines) is 1. The van der Waals surface area contributed by atoms with Crippen LogP contribution in [-0.2, 0) is 9.59 Å². The molecule has 0 saturated carbocycles. The van der Waals surface area contributed by atoms with Gasteiger partial charge < -0.3 is 10.2 Å². The van der Waals surface area contributed by atoms with Crippen molar-refractivity contribution in [2.75, 3.05) is 19.6 Å². The molecule has 0 radical (unpaired) electrons. The Hall–Kier alpha value is -2.40. The Morgan fingerprint density at radius 1 is 1.27 bits per heavy atom. The lowest BCUT2D eigenvalue weighted by atomic mass is 9.93. The molecular formula is C20H22ClN3O2. The number of carbonyl (C=O) groups excluding carboxylic acids is 2. The van der Waals surface area contributed by atoms with E-state index in [0.717, 1.165) is 36.3 Å².